The molecule has 0 radical (unpaired) electrons. The maximum atomic E-state index is 13.5. The number of benzene rings is 1. The highest BCUT2D eigenvalue weighted by Crippen LogP contribution is 2.26. The van der Waals surface area contributed by atoms with Gasteiger partial charge in [-0.05, 0) is 52.1 Å². The molecule has 23 heavy (non-hydrogen) atoms. The molecular formula is C15H13BrFN3O2S. The Kier molecular flexibility index (Phi) is 5.82. The van der Waals surface area contributed by atoms with Crippen LogP contribution >= 0.6 is 27.5 Å². The topological polar surface area (TPSA) is 66.3 Å². The third-order valence-electron chi connectivity index (χ3n) is 3.16. The maximum Gasteiger partial charge on any atom is 0.251 e. The molecule has 1 unspecified atom stereocenters. The number of likely N-dealkylation sites (N-methyl/N-ethyl adjacent to an activating group) is 1. The van der Waals surface area contributed by atoms with Gasteiger partial charge in [-0.1, -0.05) is 5.92 Å². The highest BCUT2D eigenvalue weighted by Gasteiger charge is 2.25. The molecular weight excluding hydrogens is 385 g/mol. The summed E-state index contributed by atoms with van der Waals surface area (Å²) in [7, 11) is 1.69. The molecule has 0 spiro atoms. The molecule has 1 saturated heterocycles. The second kappa shape index (κ2) is 7.64. The van der Waals surface area contributed by atoms with Crippen molar-refractivity contribution in [2.75, 3.05) is 13.6 Å². The standard InChI is InChI=1S/C10H4BrFN2S.C5H9NO2/c1-2-6-3-4-8(12)7(5-6)9-13-10(11)14-15-9;1-6-3-2-4(7)5(6)8/h1,3-5H;4,7H,2-3H2,1H3. The fourth-order valence-electron chi connectivity index (χ4n) is 1.90. The van der Waals surface area contributed by atoms with Crippen LogP contribution in [0.3, 0.4) is 0 Å². The minimum Gasteiger partial charge on any atom is -0.383 e. The van der Waals surface area contributed by atoms with Gasteiger partial charge in [0.15, 0.2) is 0 Å². The summed E-state index contributed by atoms with van der Waals surface area (Å²) in [5, 5.41) is 9.29. The van der Waals surface area contributed by atoms with Crippen LogP contribution in [0.5, 0.6) is 0 Å². The molecule has 1 aromatic heterocycles. The van der Waals surface area contributed by atoms with Crippen LogP contribution in [0.4, 0.5) is 4.39 Å². The first-order chi connectivity index (χ1) is 10.9. The molecule has 1 fully saturated rings. The predicted octanol–water partition coefficient (Wildman–Crippen LogP) is 2.30. The number of aromatic nitrogens is 2. The Hall–Kier alpha value is -1.82. The van der Waals surface area contributed by atoms with Gasteiger partial charge in [0.2, 0.25) is 4.73 Å². The molecule has 1 aliphatic rings. The summed E-state index contributed by atoms with van der Waals surface area (Å²) in [5.41, 5.74) is 1.01. The third-order valence-corrected chi connectivity index (χ3v) is 4.50. The molecule has 1 amide bonds. The number of amides is 1. The molecule has 0 bridgehead atoms. The number of rotatable bonds is 1. The van der Waals surface area contributed by atoms with Crippen molar-refractivity contribution in [3.63, 3.8) is 0 Å². The number of carbonyl (C=O) groups excluding carboxylic acids is 1. The Balaban J connectivity index is 0.000000203. The first-order valence-corrected chi connectivity index (χ1v) is 8.17. The van der Waals surface area contributed by atoms with Gasteiger partial charge in [-0.15, -0.1) is 6.42 Å². The number of halogens is 2. The minimum absolute atomic E-state index is 0.148. The molecule has 0 aliphatic carbocycles. The number of aliphatic hydroxyl groups is 1. The highest BCUT2D eigenvalue weighted by atomic mass is 79.9. The smallest absolute Gasteiger partial charge is 0.251 e. The Morgan fingerprint density at radius 1 is 1.57 bits per heavy atom. The maximum absolute atomic E-state index is 13.5. The Labute approximate surface area is 145 Å². The van der Waals surface area contributed by atoms with Crippen molar-refractivity contribution in [1.82, 2.24) is 14.3 Å². The molecule has 2 heterocycles. The van der Waals surface area contributed by atoms with Crippen molar-refractivity contribution in [2.45, 2.75) is 12.5 Å². The van der Waals surface area contributed by atoms with Crippen molar-refractivity contribution in [1.29, 1.82) is 0 Å². The quantitative estimate of drug-likeness (QED) is 0.749. The Morgan fingerprint density at radius 3 is 2.74 bits per heavy atom. The zero-order chi connectivity index (χ0) is 17.0. The Bertz CT molecular complexity index is 747. The lowest BCUT2D eigenvalue weighted by Gasteiger charge is -2.04. The van der Waals surface area contributed by atoms with Crippen LogP contribution in [0, 0.1) is 18.2 Å². The zero-order valence-corrected chi connectivity index (χ0v) is 14.6. The number of terminal acetylenes is 1. The van der Waals surface area contributed by atoms with Gasteiger partial charge >= 0.3 is 0 Å². The number of likely N-dealkylation sites (tertiary alicyclic amines) is 1. The van der Waals surface area contributed by atoms with E-state index in [1.807, 2.05) is 0 Å². The van der Waals surface area contributed by atoms with E-state index in [0.717, 1.165) is 11.5 Å². The average molecular weight is 398 g/mol. The number of nitrogens with zero attached hydrogens (tertiary/aromatic N) is 3. The second-order valence-corrected chi connectivity index (χ2v) is 6.23. The summed E-state index contributed by atoms with van der Waals surface area (Å²) in [5.74, 6) is 1.95. The van der Waals surface area contributed by atoms with Gasteiger partial charge < -0.3 is 10.0 Å². The van der Waals surface area contributed by atoms with Crippen LogP contribution in [0.25, 0.3) is 10.6 Å². The summed E-state index contributed by atoms with van der Waals surface area (Å²) in [6.45, 7) is 0.694. The fraction of sp³-hybridized carbons (Fsp3) is 0.267. The van der Waals surface area contributed by atoms with Crippen LogP contribution in [0.15, 0.2) is 22.9 Å². The number of carbonyl (C=O) groups is 1. The van der Waals surface area contributed by atoms with Crippen LogP contribution in [-0.4, -0.2) is 45.0 Å². The van der Waals surface area contributed by atoms with Gasteiger partial charge in [0.1, 0.15) is 16.9 Å². The van der Waals surface area contributed by atoms with Crippen LogP contribution in [0.2, 0.25) is 0 Å². The lowest BCUT2D eigenvalue weighted by atomic mass is 10.1. The normalized spacial score (nSPS) is 16.7. The molecule has 1 aliphatic heterocycles. The van der Waals surface area contributed by atoms with E-state index in [1.165, 1.54) is 11.0 Å². The third kappa shape index (κ3) is 4.34. The van der Waals surface area contributed by atoms with Gasteiger partial charge in [-0.2, -0.15) is 4.37 Å². The van der Waals surface area contributed by atoms with E-state index in [1.54, 1.807) is 19.2 Å². The molecule has 1 N–H and O–H groups in total. The molecule has 8 heteroatoms. The van der Waals surface area contributed by atoms with Crippen LogP contribution < -0.4 is 0 Å². The van der Waals surface area contributed by atoms with E-state index in [4.69, 9.17) is 11.5 Å². The van der Waals surface area contributed by atoms with Crippen molar-refractivity contribution in [3.8, 4) is 22.9 Å². The Morgan fingerprint density at radius 2 is 2.30 bits per heavy atom. The molecule has 0 saturated carbocycles. The van der Waals surface area contributed by atoms with Gasteiger partial charge in [0.05, 0.1) is 0 Å². The zero-order valence-electron chi connectivity index (χ0n) is 12.2. The lowest BCUT2D eigenvalue weighted by molar-refractivity contribution is -0.133. The second-order valence-electron chi connectivity index (χ2n) is 4.77. The van der Waals surface area contributed by atoms with Gasteiger partial charge in [-0.3, -0.25) is 4.79 Å². The van der Waals surface area contributed by atoms with E-state index in [9.17, 15) is 9.18 Å². The average Bonchev–Trinajstić information content (AvgIpc) is 3.10. The van der Waals surface area contributed by atoms with Gasteiger partial charge in [-0.25, -0.2) is 9.37 Å². The van der Waals surface area contributed by atoms with E-state index in [2.05, 4.69) is 31.2 Å². The molecule has 5 nitrogen and oxygen atoms in total. The van der Waals surface area contributed by atoms with E-state index < -0.39 is 6.10 Å². The number of hydrogen-bond acceptors (Lipinski definition) is 5. The molecule has 3 rings (SSSR count). The van der Waals surface area contributed by atoms with Crippen molar-refractivity contribution in [3.05, 3.63) is 34.3 Å². The van der Waals surface area contributed by atoms with Gasteiger partial charge in [0.25, 0.3) is 5.91 Å². The first-order valence-electron chi connectivity index (χ1n) is 6.61. The van der Waals surface area contributed by atoms with Crippen LogP contribution in [-0.2, 0) is 4.79 Å². The largest absolute Gasteiger partial charge is 0.383 e. The predicted molar refractivity (Wildman–Crippen MR) is 89.2 cm³/mol. The summed E-state index contributed by atoms with van der Waals surface area (Å²) in [6.07, 6.45) is 5.11. The fourth-order valence-corrected chi connectivity index (χ4v) is 2.99. The minimum atomic E-state index is -0.722. The SMILES string of the molecule is C#Cc1ccc(F)c(-c2nc(Br)ns2)c1.CN1CCC(O)C1=O. The molecule has 120 valence electrons. The first kappa shape index (κ1) is 17.5. The van der Waals surface area contributed by atoms with E-state index in [-0.39, 0.29) is 11.7 Å². The van der Waals surface area contributed by atoms with Crippen LogP contribution in [0.1, 0.15) is 12.0 Å². The van der Waals surface area contributed by atoms with Crippen molar-refractivity contribution in [2.24, 2.45) is 0 Å². The van der Waals surface area contributed by atoms with Gasteiger partial charge in [0, 0.05) is 24.7 Å². The monoisotopic (exact) mass is 397 g/mol. The highest BCUT2D eigenvalue weighted by molar-refractivity contribution is 9.10. The number of hydrogen-bond donors (Lipinski definition) is 1. The molecule has 2 aromatic rings. The van der Waals surface area contributed by atoms with E-state index >= 15 is 0 Å². The van der Waals surface area contributed by atoms with Crippen molar-refractivity contribution < 1.29 is 14.3 Å². The lowest BCUT2D eigenvalue weighted by Crippen LogP contribution is -2.24. The molecule has 1 atom stereocenters. The summed E-state index contributed by atoms with van der Waals surface area (Å²) in [4.78, 5) is 16.1. The van der Waals surface area contributed by atoms with E-state index in [0.29, 0.717) is 33.8 Å². The molecule has 1 aromatic carbocycles. The van der Waals surface area contributed by atoms with Crippen molar-refractivity contribution >= 4 is 33.4 Å². The summed E-state index contributed by atoms with van der Waals surface area (Å²) >= 11 is 4.23. The summed E-state index contributed by atoms with van der Waals surface area (Å²) < 4.78 is 17.8. The number of aliphatic hydroxyl groups excluding tert-OH is 1. The summed E-state index contributed by atoms with van der Waals surface area (Å²) in [6, 6.07) is 4.47.